The summed E-state index contributed by atoms with van der Waals surface area (Å²) in [6.45, 7) is 0. The molecule has 0 amide bonds. The average molecular weight is 461 g/mol. The first-order chi connectivity index (χ1) is 13.8. The van der Waals surface area contributed by atoms with Crippen LogP contribution in [0.1, 0.15) is 5.56 Å². The number of hydrogen-bond donors (Lipinski definition) is 0. The predicted octanol–water partition coefficient (Wildman–Crippen LogP) is 2.13. The quantitative estimate of drug-likeness (QED) is 0.324. The lowest BCUT2D eigenvalue weighted by molar-refractivity contribution is -0.00000594. The van der Waals surface area contributed by atoms with Crippen molar-refractivity contribution in [2.24, 2.45) is 0 Å². The Labute approximate surface area is 182 Å². The fraction of sp³-hybridized carbons (Fsp3) is 0. The van der Waals surface area contributed by atoms with Crippen LogP contribution in [0.4, 0.5) is 4.39 Å². The van der Waals surface area contributed by atoms with Gasteiger partial charge in [0.2, 0.25) is 0 Å². The molecule has 0 nitrogen and oxygen atoms in total. The zero-order valence-electron chi connectivity index (χ0n) is 15.7. The van der Waals surface area contributed by atoms with E-state index in [2.05, 4.69) is 84.4 Å². The fourth-order valence-electron chi connectivity index (χ4n) is 3.28. The second-order valence-electron chi connectivity index (χ2n) is 6.42. The van der Waals surface area contributed by atoms with Crippen molar-refractivity contribution in [3.63, 3.8) is 0 Å². The van der Waals surface area contributed by atoms with E-state index in [0.29, 0.717) is 0 Å². The Hall–Kier alpha value is -2.72. The van der Waals surface area contributed by atoms with Crippen LogP contribution in [0.15, 0.2) is 115 Å². The first kappa shape index (κ1) is 21.0. The Morgan fingerprint density at radius 1 is 0.517 bits per heavy atom. The van der Waals surface area contributed by atoms with Crippen LogP contribution in [0.3, 0.4) is 0 Å². The molecular formula is C26H19BrFP. The van der Waals surface area contributed by atoms with Crippen molar-refractivity contribution in [2.75, 3.05) is 0 Å². The molecule has 3 heteroatoms. The fourth-order valence-corrected chi connectivity index (χ4v) is 6.71. The summed E-state index contributed by atoms with van der Waals surface area (Å²) in [6, 6.07) is 37.8. The zero-order valence-corrected chi connectivity index (χ0v) is 18.2. The van der Waals surface area contributed by atoms with Gasteiger partial charge >= 0.3 is 0 Å². The first-order valence-electron chi connectivity index (χ1n) is 9.14. The minimum atomic E-state index is -2.19. The van der Waals surface area contributed by atoms with E-state index in [1.165, 1.54) is 28.0 Å². The zero-order chi connectivity index (χ0) is 19.2. The summed E-state index contributed by atoms with van der Waals surface area (Å²) in [5.41, 5.74) is 4.47. The van der Waals surface area contributed by atoms with Gasteiger partial charge in [0, 0.05) is 5.56 Å². The largest absolute Gasteiger partial charge is 1.00 e. The third-order valence-corrected chi connectivity index (χ3v) is 8.31. The van der Waals surface area contributed by atoms with Crippen molar-refractivity contribution in [1.82, 2.24) is 0 Å². The molecule has 0 saturated carbocycles. The predicted molar refractivity (Wildman–Crippen MR) is 118 cm³/mol. The SMILES string of the molecule is Fc1ccc(C#C[P+](c2ccccc2)(c2ccccc2)c2ccccc2)cc1.[Br-]. The van der Waals surface area contributed by atoms with Gasteiger partial charge in [0.25, 0.3) is 0 Å². The van der Waals surface area contributed by atoms with Gasteiger partial charge in [0.05, 0.1) is 5.66 Å². The number of halogens is 2. The summed E-state index contributed by atoms with van der Waals surface area (Å²) in [5.74, 6) is 3.09. The van der Waals surface area contributed by atoms with E-state index in [-0.39, 0.29) is 22.8 Å². The molecule has 4 aromatic rings. The highest BCUT2D eigenvalue weighted by Crippen LogP contribution is 2.54. The molecule has 4 aromatic carbocycles. The summed E-state index contributed by atoms with van der Waals surface area (Å²) in [5, 5.41) is 3.63. The van der Waals surface area contributed by atoms with Crippen LogP contribution in [0.5, 0.6) is 0 Å². The molecule has 0 unspecified atom stereocenters. The molecule has 0 aliphatic heterocycles. The number of rotatable bonds is 3. The van der Waals surface area contributed by atoms with Crippen LogP contribution < -0.4 is 32.9 Å². The minimum absolute atomic E-state index is 0. The van der Waals surface area contributed by atoms with Gasteiger partial charge in [0.15, 0.2) is 7.26 Å². The smallest absolute Gasteiger partial charge is 0.189 e. The van der Waals surface area contributed by atoms with Crippen molar-refractivity contribution in [3.8, 4) is 11.6 Å². The van der Waals surface area contributed by atoms with E-state index in [4.69, 9.17) is 0 Å². The van der Waals surface area contributed by atoms with Gasteiger partial charge in [0.1, 0.15) is 21.7 Å². The lowest BCUT2D eigenvalue weighted by atomic mass is 10.2. The maximum Gasteiger partial charge on any atom is 0.189 e. The molecule has 142 valence electrons. The molecule has 0 aromatic heterocycles. The standard InChI is InChI=1S/C26H19FP.BrH/c27-23-18-16-22(17-19-23)20-21-28(24-10-4-1-5-11-24,25-12-6-2-7-13-25)26-14-8-3-9-15-26;/h1-19H;1H/q+1;/p-1. The van der Waals surface area contributed by atoms with Crippen molar-refractivity contribution >= 4 is 23.2 Å². The molecule has 0 N–H and O–H groups in total. The van der Waals surface area contributed by atoms with E-state index in [9.17, 15) is 4.39 Å². The van der Waals surface area contributed by atoms with Crippen LogP contribution in [0.25, 0.3) is 0 Å². The normalized spacial score (nSPS) is 10.4. The maximum absolute atomic E-state index is 13.3. The van der Waals surface area contributed by atoms with Crippen LogP contribution >= 0.6 is 7.26 Å². The van der Waals surface area contributed by atoms with Gasteiger partial charge < -0.3 is 17.0 Å². The molecule has 4 rings (SSSR count). The Morgan fingerprint density at radius 3 is 1.28 bits per heavy atom. The van der Waals surface area contributed by atoms with Crippen LogP contribution in [-0.4, -0.2) is 0 Å². The molecule has 0 aliphatic rings. The van der Waals surface area contributed by atoms with Crippen molar-refractivity contribution in [3.05, 3.63) is 127 Å². The second kappa shape index (κ2) is 9.66. The highest BCUT2D eigenvalue weighted by Gasteiger charge is 2.44. The molecular weight excluding hydrogens is 442 g/mol. The Bertz CT molecular complexity index is 1000. The van der Waals surface area contributed by atoms with E-state index >= 15 is 0 Å². The summed E-state index contributed by atoms with van der Waals surface area (Å²) in [7, 11) is -2.19. The minimum Gasteiger partial charge on any atom is -1.00 e. The topological polar surface area (TPSA) is 0 Å². The lowest BCUT2D eigenvalue weighted by Gasteiger charge is -2.21. The summed E-state index contributed by atoms with van der Waals surface area (Å²) in [6.07, 6.45) is 0. The summed E-state index contributed by atoms with van der Waals surface area (Å²) < 4.78 is 13.3. The molecule has 0 aliphatic carbocycles. The van der Waals surface area contributed by atoms with E-state index < -0.39 is 7.26 Å². The monoisotopic (exact) mass is 460 g/mol. The molecule has 0 spiro atoms. The van der Waals surface area contributed by atoms with E-state index in [1.54, 1.807) is 12.1 Å². The molecule has 0 atom stereocenters. The molecule has 0 saturated heterocycles. The number of hydrogen-bond acceptors (Lipinski definition) is 0. The first-order valence-corrected chi connectivity index (χ1v) is 10.9. The van der Waals surface area contributed by atoms with Crippen LogP contribution in [0.2, 0.25) is 0 Å². The second-order valence-corrected chi connectivity index (χ2v) is 9.54. The van der Waals surface area contributed by atoms with Gasteiger partial charge in [-0.3, -0.25) is 0 Å². The van der Waals surface area contributed by atoms with Gasteiger partial charge in [-0.05, 0) is 66.6 Å². The maximum atomic E-state index is 13.3. The Balaban J connectivity index is 0.00000240. The summed E-state index contributed by atoms with van der Waals surface area (Å²) >= 11 is 0. The molecule has 0 bridgehead atoms. The highest BCUT2D eigenvalue weighted by atomic mass is 79.9. The van der Waals surface area contributed by atoms with E-state index in [1.807, 2.05) is 18.2 Å². The lowest BCUT2D eigenvalue weighted by Crippen LogP contribution is -3.00. The highest BCUT2D eigenvalue weighted by molar-refractivity contribution is 7.99. The summed E-state index contributed by atoms with van der Waals surface area (Å²) in [4.78, 5) is 0. The number of benzene rings is 4. The van der Waals surface area contributed by atoms with Gasteiger partial charge in [-0.1, -0.05) is 54.6 Å². The third-order valence-electron chi connectivity index (χ3n) is 4.64. The third kappa shape index (κ3) is 4.48. The van der Waals surface area contributed by atoms with Crippen molar-refractivity contribution < 1.29 is 21.4 Å². The van der Waals surface area contributed by atoms with Crippen molar-refractivity contribution in [1.29, 1.82) is 0 Å². The van der Waals surface area contributed by atoms with Gasteiger partial charge in [-0.2, -0.15) is 0 Å². The van der Waals surface area contributed by atoms with Crippen LogP contribution in [0, 0.1) is 17.4 Å². The average Bonchev–Trinajstić information content (AvgIpc) is 2.78. The van der Waals surface area contributed by atoms with Gasteiger partial charge in [-0.25, -0.2) is 4.39 Å². The van der Waals surface area contributed by atoms with Crippen LogP contribution in [-0.2, 0) is 0 Å². The van der Waals surface area contributed by atoms with Gasteiger partial charge in [-0.15, -0.1) is 0 Å². The molecule has 0 radical (unpaired) electrons. The molecule has 0 heterocycles. The van der Waals surface area contributed by atoms with Crippen molar-refractivity contribution in [2.45, 2.75) is 0 Å². The Morgan fingerprint density at radius 2 is 0.897 bits per heavy atom. The van der Waals surface area contributed by atoms with E-state index in [0.717, 1.165) is 5.56 Å². The molecule has 29 heavy (non-hydrogen) atoms. The molecule has 0 fully saturated rings. The Kier molecular flexibility index (Phi) is 6.99.